The van der Waals surface area contributed by atoms with Crippen molar-refractivity contribution < 1.29 is 14.3 Å². The minimum absolute atomic E-state index is 0.0587. The van der Waals surface area contributed by atoms with E-state index < -0.39 is 0 Å². The summed E-state index contributed by atoms with van der Waals surface area (Å²) in [6.45, 7) is 4.02. The van der Waals surface area contributed by atoms with E-state index in [-0.39, 0.29) is 29.2 Å². The average molecular weight is 371 g/mol. The predicted molar refractivity (Wildman–Crippen MR) is 105 cm³/mol. The van der Waals surface area contributed by atoms with E-state index in [1.165, 1.54) is 19.4 Å². The van der Waals surface area contributed by atoms with Crippen LogP contribution in [0.1, 0.15) is 35.7 Å². The van der Waals surface area contributed by atoms with Gasteiger partial charge in [-0.15, -0.1) is 0 Å². The fourth-order valence-corrected chi connectivity index (χ4v) is 2.38. The molecule has 0 saturated heterocycles. The van der Waals surface area contributed by atoms with Crippen molar-refractivity contribution in [2.24, 2.45) is 0 Å². The molecule has 0 radical (unpaired) electrons. The first-order valence-electron chi connectivity index (χ1n) is 8.39. The van der Waals surface area contributed by atoms with Crippen molar-refractivity contribution in [3.05, 3.63) is 41.7 Å². The van der Waals surface area contributed by atoms with Crippen LogP contribution >= 0.6 is 0 Å². The summed E-state index contributed by atoms with van der Waals surface area (Å²) >= 11 is 0. The molecule has 8 nitrogen and oxygen atoms in total. The summed E-state index contributed by atoms with van der Waals surface area (Å²) in [6, 6.07) is 3.44. The number of carbonyl (C=O) groups excluding carboxylic acids is 1. The molecule has 0 amide bonds. The molecule has 1 heterocycles. The van der Waals surface area contributed by atoms with E-state index in [1.54, 1.807) is 23.2 Å². The topological polar surface area (TPSA) is 117 Å². The molecule has 0 bridgehead atoms. The van der Waals surface area contributed by atoms with Gasteiger partial charge in [0, 0.05) is 31.9 Å². The third kappa shape index (κ3) is 4.87. The van der Waals surface area contributed by atoms with Gasteiger partial charge in [-0.3, -0.25) is 4.79 Å². The van der Waals surface area contributed by atoms with Crippen LogP contribution < -0.4 is 20.9 Å². The number of ether oxygens (including phenoxy) is 2. The van der Waals surface area contributed by atoms with Crippen molar-refractivity contribution in [2.75, 3.05) is 32.7 Å². The molecule has 4 N–H and O–H groups in total. The SMILES string of the molecule is COc1cc(C(C)C)c(Oc2cnc(N)nc2N)cc1C(=O)/C=C/N(C)C. The van der Waals surface area contributed by atoms with Crippen molar-refractivity contribution in [3.63, 3.8) is 0 Å². The molecule has 1 aromatic heterocycles. The zero-order valence-corrected chi connectivity index (χ0v) is 16.2. The van der Waals surface area contributed by atoms with Gasteiger partial charge in [-0.2, -0.15) is 4.98 Å². The standard InChI is InChI=1S/C19H25N5O3/c1-11(2)12-8-15(26-5)13(14(25)6-7-24(3)4)9-16(12)27-17-10-22-19(21)23-18(17)20/h6-11H,1-5H3,(H4,20,21,22,23)/b7-6+. The van der Waals surface area contributed by atoms with Gasteiger partial charge in [0.05, 0.1) is 18.9 Å². The Morgan fingerprint density at radius 3 is 2.44 bits per heavy atom. The molecular formula is C19H25N5O3. The highest BCUT2D eigenvalue weighted by Gasteiger charge is 2.19. The Balaban J connectivity index is 2.53. The van der Waals surface area contributed by atoms with Crippen LogP contribution in [0.25, 0.3) is 0 Å². The van der Waals surface area contributed by atoms with E-state index in [1.807, 2.05) is 27.9 Å². The molecule has 2 aromatic rings. The van der Waals surface area contributed by atoms with Crippen molar-refractivity contribution >= 4 is 17.5 Å². The van der Waals surface area contributed by atoms with Crippen LogP contribution in [0.5, 0.6) is 17.2 Å². The van der Waals surface area contributed by atoms with Gasteiger partial charge in [0.15, 0.2) is 17.4 Å². The second-order valence-electron chi connectivity index (χ2n) is 6.47. The average Bonchev–Trinajstić information content (AvgIpc) is 2.61. The van der Waals surface area contributed by atoms with E-state index in [2.05, 4.69) is 9.97 Å². The Hall–Kier alpha value is -3.29. The summed E-state index contributed by atoms with van der Waals surface area (Å²) in [5.74, 6) is 1.30. The molecule has 144 valence electrons. The van der Waals surface area contributed by atoms with Crippen LogP contribution in [0.2, 0.25) is 0 Å². The molecular weight excluding hydrogens is 346 g/mol. The lowest BCUT2D eigenvalue weighted by molar-refractivity contribution is 0.104. The number of methoxy groups -OCH3 is 1. The van der Waals surface area contributed by atoms with Gasteiger partial charge in [0.2, 0.25) is 5.95 Å². The molecule has 0 aliphatic rings. The number of anilines is 2. The maximum Gasteiger partial charge on any atom is 0.222 e. The zero-order valence-electron chi connectivity index (χ0n) is 16.2. The van der Waals surface area contributed by atoms with E-state index in [9.17, 15) is 4.79 Å². The molecule has 0 aliphatic carbocycles. The highest BCUT2D eigenvalue weighted by atomic mass is 16.5. The number of ketones is 1. The maximum atomic E-state index is 12.6. The normalized spacial score (nSPS) is 11.0. The number of nitrogens with zero attached hydrogens (tertiary/aromatic N) is 3. The summed E-state index contributed by atoms with van der Waals surface area (Å²) in [6.07, 6.45) is 4.54. The van der Waals surface area contributed by atoms with Crippen molar-refractivity contribution in [3.8, 4) is 17.2 Å². The first kappa shape index (κ1) is 20.0. The van der Waals surface area contributed by atoms with E-state index in [0.717, 1.165) is 5.56 Å². The van der Waals surface area contributed by atoms with Gasteiger partial charge in [0.1, 0.15) is 11.5 Å². The lowest BCUT2D eigenvalue weighted by atomic mass is 9.97. The number of rotatable bonds is 7. The molecule has 0 aliphatic heterocycles. The zero-order chi connectivity index (χ0) is 20.1. The first-order valence-corrected chi connectivity index (χ1v) is 8.39. The highest BCUT2D eigenvalue weighted by Crippen LogP contribution is 2.37. The lowest BCUT2D eigenvalue weighted by Crippen LogP contribution is -2.07. The summed E-state index contributed by atoms with van der Waals surface area (Å²) in [4.78, 5) is 22.2. The minimum Gasteiger partial charge on any atom is -0.496 e. The summed E-state index contributed by atoms with van der Waals surface area (Å²) < 4.78 is 11.3. The fourth-order valence-electron chi connectivity index (χ4n) is 2.38. The Morgan fingerprint density at radius 2 is 1.89 bits per heavy atom. The first-order chi connectivity index (χ1) is 12.7. The Morgan fingerprint density at radius 1 is 1.19 bits per heavy atom. The van der Waals surface area contributed by atoms with E-state index in [0.29, 0.717) is 17.1 Å². The second-order valence-corrected chi connectivity index (χ2v) is 6.47. The third-order valence-electron chi connectivity index (χ3n) is 3.76. The monoisotopic (exact) mass is 371 g/mol. The highest BCUT2D eigenvalue weighted by molar-refractivity contribution is 6.07. The quantitative estimate of drug-likeness (QED) is 0.564. The largest absolute Gasteiger partial charge is 0.496 e. The summed E-state index contributed by atoms with van der Waals surface area (Å²) in [5.41, 5.74) is 12.6. The molecule has 0 atom stereocenters. The van der Waals surface area contributed by atoms with Crippen LogP contribution in [-0.2, 0) is 0 Å². The molecule has 0 saturated carbocycles. The van der Waals surface area contributed by atoms with Gasteiger partial charge in [-0.1, -0.05) is 13.8 Å². The number of allylic oxidation sites excluding steroid dienone is 1. The number of nitrogens with two attached hydrogens (primary N) is 2. The van der Waals surface area contributed by atoms with Crippen molar-refractivity contribution in [1.82, 2.24) is 14.9 Å². The van der Waals surface area contributed by atoms with Gasteiger partial charge in [0.25, 0.3) is 0 Å². The molecule has 27 heavy (non-hydrogen) atoms. The van der Waals surface area contributed by atoms with Crippen LogP contribution in [0.4, 0.5) is 11.8 Å². The number of hydrogen-bond acceptors (Lipinski definition) is 8. The second kappa shape index (κ2) is 8.39. The van der Waals surface area contributed by atoms with Crippen LogP contribution in [0, 0.1) is 0 Å². The number of hydrogen-bond donors (Lipinski definition) is 2. The van der Waals surface area contributed by atoms with Crippen LogP contribution in [0.3, 0.4) is 0 Å². The number of carbonyl (C=O) groups is 1. The predicted octanol–water partition coefficient (Wildman–Crippen LogP) is 2.82. The fraction of sp³-hybridized carbons (Fsp3) is 0.316. The number of nitrogen functional groups attached to an aromatic ring is 2. The van der Waals surface area contributed by atoms with E-state index in [4.69, 9.17) is 20.9 Å². The molecule has 2 rings (SSSR count). The molecule has 8 heteroatoms. The van der Waals surface area contributed by atoms with Crippen molar-refractivity contribution in [1.29, 1.82) is 0 Å². The van der Waals surface area contributed by atoms with Gasteiger partial charge in [-0.25, -0.2) is 4.98 Å². The van der Waals surface area contributed by atoms with Gasteiger partial charge in [-0.05, 0) is 18.1 Å². The molecule has 1 aromatic carbocycles. The number of aromatic nitrogens is 2. The Bertz CT molecular complexity index is 863. The molecule has 0 spiro atoms. The summed E-state index contributed by atoms with van der Waals surface area (Å²) in [7, 11) is 5.20. The van der Waals surface area contributed by atoms with Gasteiger partial charge >= 0.3 is 0 Å². The maximum absolute atomic E-state index is 12.6. The van der Waals surface area contributed by atoms with Crippen LogP contribution in [0.15, 0.2) is 30.6 Å². The van der Waals surface area contributed by atoms with E-state index >= 15 is 0 Å². The third-order valence-corrected chi connectivity index (χ3v) is 3.76. The Kier molecular flexibility index (Phi) is 6.23. The molecule has 0 unspecified atom stereocenters. The smallest absolute Gasteiger partial charge is 0.222 e. The summed E-state index contributed by atoms with van der Waals surface area (Å²) in [5, 5.41) is 0. The molecule has 0 fully saturated rings. The van der Waals surface area contributed by atoms with Crippen molar-refractivity contribution in [2.45, 2.75) is 19.8 Å². The van der Waals surface area contributed by atoms with Crippen LogP contribution in [-0.4, -0.2) is 41.9 Å². The van der Waals surface area contributed by atoms with Gasteiger partial charge < -0.3 is 25.8 Å². The lowest BCUT2D eigenvalue weighted by Gasteiger charge is -2.18. The minimum atomic E-state index is -0.206. The number of benzene rings is 1. The Labute approximate surface area is 158 Å².